The van der Waals surface area contributed by atoms with Gasteiger partial charge in [-0.1, -0.05) is 29.8 Å². The normalized spacial score (nSPS) is 18.2. The Balaban J connectivity index is 1.72. The summed E-state index contributed by atoms with van der Waals surface area (Å²) in [4.78, 5) is 2.24. The first-order chi connectivity index (χ1) is 11.7. The molecular formula is C18H21N5O. The molecule has 3 heterocycles. The molecular weight excluding hydrogens is 302 g/mol. The largest absolute Gasteiger partial charge is 0.396 e. The SMILES string of the molecule is Cc1ccc(-c2nnc3ccc(N4CCCC(CO)C4)nn23)cc1. The Hall–Kier alpha value is -2.47. The molecule has 0 aliphatic carbocycles. The quantitative estimate of drug-likeness (QED) is 0.801. The van der Waals surface area contributed by atoms with E-state index in [2.05, 4.69) is 34.2 Å². The zero-order valence-electron chi connectivity index (χ0n) is 13.8. The van der Waals surface area contributed by atoms with Crippen molar-refractivity contribution in [3.63, 3.8) is 0 Å². The molecule has 0 amide bonds. The van der Waals surface area contributed by atoms with Gasteiger partial charge in [0.05, 0.1) is 0 Å². The first-order valence-corrected chi connectivity index (χ1v) is 8.40. The monoisotopic (exact) mass is 323 g/mol. The number of aromatic nitrogens is 4. The molecule has 1 fully saturated rings. The van der Waals surface area contributed by atoms with E-state index in [4.69, 9.17) is 5.10 Å². The summed E-state index contributed by atoms with van der Waals surface area (Å²) in [6, 6.07) is 12.2. The second kappa shape index (κ2) is 6.20. The zero-order chi connectivity index (χ0) is 16.5. The van der Waals surface area contributed by atoms with Crippen molar-refractivity contribution in [3.8, 4) is 11.4 Å². The average molecular weight is 323 g/mol. The Morgan fingerprint density at radius 3 is 2.75 bits per heavy atom. The molecule has 24 heavy (non-hydrogen) atoms. The summed E-state index contributed by atoms with van der Waals surface area (Å²) < 4.78 is 1.81. The number of aliphatic hydroxyl groups is 1. The smallest absolute Gasteiger partial charge is 0.185 e. The molecule has 1 unspecified atom stereocenters. The van der Waals surface area contributed by atoms with Crippen molar-refractivity contribution >= 4 is 11.5 Å². The minimum Gasteiger partial charge on any atom is -0.396 e. The third-order valence-electron chi connectivity index (χ3n) is 4.66. The fourth-order valence-corrected chi connectivity index (χ4v) is 3.25. The van der Waals surface area contributed by atoms with Crippen molar-refractivity contribution in [1.82, 2.24) is 19.8 Å². The molecule has 1 aliphatic rings. The van der Waals surface area contributed by atoms with Gasteiger partial charge in [-0.2, -0.15) is 4.52 Å². The van der Waals surface area contributed by atoms with Crippen LogP contribution in [0.4, 0.5) is 5.82 Å². The van der Waals surface area contributed by atoms with Crippen LogP contribution in [-0.4, -0.2) is 44.6 Å². The van der Waals surface area contributed by atoms with Crippen LogP contribution in [0.5, 0.6) is 0 Å². The molecule has 1 N–H and O–H groups in total. The topological polar surface area (TPSA) is 66.5 Å². The van der Waals surface area contributed by atoms with Crippen LogP contribution in [0.2, 0.25) is 0 Å². The van der Waals surface area contributed by atoms with Crippen molar-refractivity contribution in [1.29, 1.82) is 0 Å². The molecule has 1 atom stereocenters. The molecule has 1 saturated heterocycles. The van der Waals surface area contributed by atoms with Gasteiger partial charge in [-0.25, -0.2) is 0 Å². The predicted molar refractivity (Wildman–Crippen MR) is 93.0 cm³/mol. The minimum atomic E-state index is 0.236. The molecule has 1 aliphatic heterocycles. The van der Waals surface area contributed by atoms with E-state index < -0.39 is 0 Å². The lowest BCUT2D eigenvalue weighted by Crippen LogP contribution is -2.37. The summed E-state index contributed by atoms with van der Waals surface area (Å²) in [5.74, 6) is 1.99. The highest BCUT2D eigenvalue weighted by molar-refractivity contribution is 5.60. The maximum atomic E-state index is 9.44. The maximum Gasteiger partial charge on any atom is 0.185 e. The predicted octanol–water partition coefficient (Wildman–Crippen LogP) is 2.31. The molecule has 0 bridgehead atoms. The molecule has 6 nitrogen and oxygen atoms in total. The summed E-state index contributed by atoms with van der Waals surface area (Å²) in [5.41, 5.74) is 2.96. The summed E-state index contributed by atoms with van der Waals surface area (Å²) >= 11 is 0. The third kappa shape index (κ3) is 2.73. The van der Waals surface area contributed by atoms with Gasteiger partial charge in [0.1, 0.15) is 5.82 Å². The molecule has 0 spiro atoms. The first-order valence-electron chi connectivity index (χ1n) is 8.40. The van der Waals surface area contributed by atoms with Crippen LogP contribution >= 0.6 is 0 Å². The molecule has 3 aromatic rings. The highest BCUT2D eigenvalue weighted by Gasteiger charge is 2.21. The molecule has 0 saturated carbocycles. The number of fused-ring (bicyclic) bond motifs is 1. The van der Waals surface area contributed by atoms with Gasteiger partial charge >= 0.3 is 0 Å². The van der Waals surface area contributed by atoms with Crippen LogP contribution in [0, 0.1) is 12.8 Å². The summed E-state index contributed by atoms with van der Waals surface area (Å²) in [5, 5.41) is 22.7. The van der Waals surface area contributed by atoms with Gasteiger partial charge in [0.2, 0.25) is 0 Å². The van der Waals surface area contributed by atoms with Crippen LogP contribution in [0.15, 0.2) is 36.4 Å². The van der Waals surface area contributed by atoms with E-state index in [9.17, 15) is 5.11 Å². The Kier molecular flexibility index (Phi) is 3.90. The van der Waals surface area contributed by atoms with Gasteiger partial charge in [0.25, 0.3) is 0 Å². The summed E-state index contributed by atoms with van der Waals surface area (Å²) in [7, 11) is 0. The van der Waals surface area contributed by atoms with E-state index in [1.165, 1.54) is 5.56 Å². The number of anilines is 1. The van der Waals surface area contributed by atoms with E-state index in [-0.39, 0.29) is 6.61 Å². The van der Waals surface area contributed by atoms with Gasteiger partial charge in [0, 0.05) is 25.3 Å². The number of hydrogen-bond donors (Lipinski definition) is 1. The minimum absolute atomic E-state index is 0.236. The van der Waals surface area contributed by atoms with Gasteiger partial charge in [0.15, 0.2) is 11.5 Å². The molecule has 0 radical (unpaired) electrons. The number of piperidine rings is 1. The molecule has 2 aromatic heterocycles. The number of aryl methyl sites for hydroxylation is 1. The number of rotatable bonds is 3. The number of benzene rings is 1. The fourth-order valence-electron chi connectivity index (χ4n) is 3.25. The number of nitrogens with zero attached hydrogens (tertiary/aromatic N) is 5. The second-order valence-electron chi connectivity index (χ2n) is 6.49. The lowest BCUT2D eigenvalue weighted by atomic mass is 9.99. The number of hydrogen-bond acceptors (Lipinski definition) is 5. The Labute approximate surface area is 140 Å². The highest BCUT2D eigenvalue weighted by atomic mass is 16.3. The van der Waals surface area contributed by atoms with E-state index in [1.54, 1.807) is 0 Å². The molecule has 4 rings (SSSR count). The molecule has 124 valence electrons. The Morgan fingerprint density at radius 1 is 1.12 bits per heavy atom. The van der Waals surface area contributed by atoms with Crippen LogP contribution < -0.4 is 4.90 Å². The lowest BCUT2D eigenvalue weighted by molar-refractivity contribution is 0.208. The Morgan fingerprint density at radius 2 is 1.96 bits per heavy atom. The number of aliphatic hydroxyl groups excluding tert-OH is 1. The second-order valence-corrected chi connectivity index (χ2v) is 6.49. The summed E-state index contributed by atoms with van der Waals surface area (Å²) in [6.45, 7) is 4.12. The first kappa shape index (κ1) is 15.1. The van der Waals surface area contributed by atoms with E-state index >= 15 is 0 Å². The third-order valence-corrected chi connectivity index (χ3v) is 4.66. The van der Waals surface area contributed by atoms with Crippen LogP contribution in [0.25, 0.3) is 17.0 Å². The standard InChI is InChI=1S/C18H21N5O/c1-13-4-6-15(7-5-13)18-20-19-16-8-9-17(21-23(16)18)22-10-2-3-14(11-22)12-24/h4-9,14,24H,2-3,10-12H2,1H3. The van der Waals surface area contributed by atoms with E-state index in [1.807, 2.05) is 28.8 Å². The fraction of sp³-hybridized carbons (Fsp3) is 0.389. The highest BCUT2D eigenvalue weighted by Crippen LogP contribution is 2.23. The average Bonchev–Trinajstić information content (AvgIpc) is 3.05. The van der Waals surface area contributed by atoms with Crippen LogP contribution in [0.1, 0.15) is 18.4 Å². The van der Waals surface area contributed by atoms with Crippen LogP contribution in [0.3, 0.4) is 0 Å². The zero-order valence-corrected chi connectivity index (χ0v) is 13.8. The van der Waals surface area contributed by atoms with E-state index in [0.29, 0.717) is 5.92 Å². The van der Waals surface area contributed by atoms with Crippen molar-refractivity contribution in [2.75, 3.05) is 24.6 Å². The maximum absolute atomic E-state index is 9.44. The van der Waals surface area contributed by atoms with Crippen molar-refractivity contribution in [2.45, 2.75) is 19.8 Å². The Bertz CT molecular complexity index is 842. The molecule has 6 heteroatoms. The van der Waals surface area contributed by atoms with Gasteiger partial charge in [-0.3, -0.25) is 0 Å². The van der Waals surface area contributed by atoms with Crippen LogP contribution in [-0.2, 0) is 0 Å². The van der Waals surface area contributed by atoms with Crippen molar-refractivity contribution in [2.24, 2.45) is 5.92 Å². The van der Waals surface area contributed by atoms with Gasteiger partial charge in [-0.05, 0) is 37.8 Å². The van der Waals surface area contributed by atoms with Crippen molar-refractivity contribution < 1.29 is 5.11 Å². The van der Waals surface area contributed by atoms with Gasteiger partial charge in [-0.15, -0.1) is 15.3 Å². The van der Waals surface area contributed by atoms with E-state index in [0.717, 1.165) is 48.8 Å². The summed E-state index contributed by atoms with van der Waals surface area (Å²) in [6.07, 6.45) is 2.16. The molecule has 1 aromatic carbocycles. The van der Waals surface area contributed by atoms with Gasteiger partial charge < -0.3 is 10.0 Å². The van der Waals surface area contributed by atoms with Crippen molar-refractivity contribution in [3.05, 3.63) is 42.0 Å². The lowest BCUT2D eigenvalue weighted by Gasteiger charge is -2.32.